The summed E-state index contributed by atoms with van der Waals surface area (Å²) in [5, 5.41) is 17.1. The van der Waals surface area contributed by atoms with Gasteiger partial charge in [0.25, 0.3) is 0 Å². The second kappa shape index (κ2) is 5.30. The van der Waals surface area contributed by atoms with E-state index in [0.29, 0.717) is 0 Å². The van der Waals surface area contributed by atoms with Crippen LogP contribution in [-0.2, 0) is 13.5 Å². The fraction of sp³-hybridized carbons (Fsp3) is 0.357. The second-order valence-electron chi connectivity index (χ2n) is 4.59. The molecule has 0 aliphatic carbocycles. The number of anilines is 1. The number of benzene rings is 1. The van der Waals surface area contributed by atoms with Crippen molar-refractivity contribution in [2.45, 2.75) is 26.3 Å². The highest BCUT2D eigenvalue weighted by atomic mass is 19.1. The molecule has 5 heteroatoms. The Hall–Kier alpha value is -2.04. The Labute approximate surface area is 111 Å². The molecule has 0 fully saturated rings. The van der Waals surface area contributed by atoms with E-state index in [1.54, 1.807) is 10.7 Å². The van der Waals surface area contributed by atoms with Crippen molar-refractivity contribution in [3.8, 4) is 5.75 Å². The largest absolute Gasteiger partial charge is 0.505 e. The zero-order chi connectivity index (χ0) is 14.0. The molecule has 4 nitrogen and oxygen atoms in total. The van der Waals surface area contributed by atoms with Gasteiger partial charge in [0.05, 0.1) is 11.4 Å². The second-order valence-corrected chi connectivity index (χ2v) is 4.59. The number of nitrogens with one attached hydrogen (secondary N) is 1. The van der Waals surface area contributed by atoms with Crippen molar-refractivity contribution in [2.75, 3.05) is 5.32 Å². The van der Waals surface area contributed by atoms with Gasteiger partial charge in [0.1, 0.15) is 0 Å². The van der Waals surface area contributed by atoms with Gasteiger partial charge in [0.2, 0.25) is 0 Å². The molecular formula is C14H18FN3O. The molecule has 0 aliphatic rings. The van der Waals surface area contributed by atoms with E-state index in [4.69, 9.17) is 0 Å². The summed E-state index contributed by atoms with van der Waals surface area (Å²) in [6.45, 7) is 4.00. The minimum atomic E-state index is -0.605. The predicted octanol–water partition coefficient (Wildman–Crippen LogP) is 3.00. The summed E-state index contributed by atoms with van der Waals surface area (Å²) in [4.78, 5) is 0. The summed E-state index contributed by atoms with van der Waals surface area (Å²) >= 11 is 0. The van der Waals surface area contributed by atoms with Crippen LogP contribution in [0.1, 0.15) is 31.1 Å². The number of phenolic OH excluding ortho intramolecular Hbond substituents is 1. The zero-order valence-corrected chi connectivity index (χ0v) is 11.3. The number of halogens is 1. The quantitative estimate of drug-likeness (QED) is 0.891. The number of phenols is 1. The van der Waals surface area contributed by atoms with Crippen molar-refractivity contribution in [3.63, 3.8) is 0 Å². The first kappa shape index (κ1) is 13.4. The molecule has 102 valence electrons. The van der Waals surface area contributed by atoms with Crippen molar-refractivity contribution < 1.29 is 9.50 Å². The molecule has 0 aliphatic heterocycles. The number of aromatic nitrogens is 2. The molecule has 0 bridgehead atoms. The van der Waals surface area contributed by atoms with Crippen LogP contribution in [0.4, 0.5) is 10.1 Å². The van der Waals surface area contributed by atoms with Crippen molar-refractivity contribution in [3.05, 3.63) is 41.5 Å². The number of hydrogen-bond acceptors (Lipinski definition) is 3. The first-order valence-corrected chi connectivity index (χ1v) is 6.28. The topological polar surface area (TPSA) is 50.1 Å². The lowest BCUT2D eigenvalue weighted by atomic mass is 10.1. The first-order valence-electron chi connectivity index (χ1n) is 6.28. The highest BCUT2D eigenvalue weighted by Gasteiger charge is 2.12. The molecule has 2 N–H and O–H groups in total. The lowest BCUT2D eigenvalue weighted by molar-refractivity contribution is 0.431. The average molecular weight is 263 g/mol. The van der Waals surface area contributed by atoms with Gasteiger partial charge in [-0.1, -0.05) is 13.0 Å². The molecular weight excluding hydrogens is 245 g/mol. The third-order valence-corrected chi connectivity index (χ3v) is 3.08. The average Bonchev–Trinajstić information content (AvgIpc) is 2.72. The van der Waals surface area contributed by atoms with E-state index in [1.807, 2.05) is 27.1 Å². The summed E-state index contributed by atoms with van der Waals surface area (Å²) in [5.74, 6) is -0.931. The van der Waals surface area contributed by atoms with Crippen LogP contribution in [0.25, 0.3) is 0 Å². The highest BCUT2D eigenvalue weighted by Crippen LogP contribution is 2.25. The number of hydrogen-bond donors (Lipinski definition) is 2. The number of aryl methyl sites for hydroxylation is 2. The lowest BCUT2D eigenvalue weighted by Crippen LogP contribution is -2.07. The molecule has 0 saturated heterocycles. The summed E-state index contributed by atoms with van der Waals surface area (Å²) in [7, 11) is 1.87. The van der Waals surface area contributed by atoms with Crippen LogP contribution in [0.5, 0.6) is 5.75 Å². The van der Waals surface area contributed by atoms with Crippen molar-refractivity contribution >= 4 is 5.69 Å². The van der Waals surface area contributed by atoms with Crippen LogP contribution >= 0.6 is 0 Å². The van der Waals surface area contributed by atoms with Crippen LogP contribution in [0.2, 0.25) is 0 Å². The summed E-state index contributed by atoms with van der Waals surface area (Å²) in [5.41, 5.74) is 2.77. The Kier molecular flexibility index (Phi) is 3.74. The first-order chi connectivity index (χ1) is 9.01. The fourth-order valence-corrected chi connectivity index (χ4v) is 2.03. The van der Waals surface area contributed by atoms with Gasteiger partial charge >= 0.3 is 0 Å². The molecule has 1 aromatic heterocycles. The fourth-order valence-electron chi connectivity index (χ4n) is 2.03. The maximum atomic E-state index is 13.0. The van der Waals surface area contributed by atoms with Crippen LogP contribution < -0.4 is 5.32 Å². The van der Waals surface area contributed by atoms with Gasteiger partial charge in [0.15, 0.2) is 11.6 Å². The van der Waals surface area contributed by atoms with Gasteiger partial charge in [-0.15, -0.1) is 0 Å². The van der Waals surface area contributed by atoms with Gasteiger partial charge < -0.3 is 10.4 Å². The smallest absolute Gasteiger partial charge is 0.164 e. The van der Waals surface area contributed by atoms with E-state index in [1.165, 1.54) is 12.1 Å². The Morgan fingerprint density at radius 3 is 2.84 bits per heavy atom. The van der Waals surface area contributed by atoms with E-state index in [2.05, 4.69) is 10.4 Å². The molecule has 0 amide bonds. The third-order valence-electron chi connectivity index (χ3n) is 3.08. The van der Waals surface area contributed by atoms with E-state index in [0.717, 1.165) is 23.4 Å². The molecule has 19 heavy (non-hydrogen) atoms. The Balaban J connectivity index is 2.20. The van der Waals surface area contributed by atoms with E-state index in [-0.39, 0.29) is 11.8 Å². The van der Waals surface area contributed by atoms with Gasteiger partial charge in [-0.25, -0.2) is 4.39 Å². The molecule has 1 atom stereocenters. The summed E-state index contributed by atoms with van der Waals surface area (Å²) in [6.07, 6.45) is 2.75. The van der Waals surface area contributed by atoms with Crippen LogP contribution in [0.3, 0.4) is 0 Å². The number of rotatable bonds is 4. The monoisotopic (exact) mass is 263 g/mol. The third kappa shape index (κ3) is 2.86. The van der Waals surface area contributed by atoms with Crippen molar-refractivity contribution in [1.82, 2.24) is 9.78 Å². The maximum absolute atomic E-state index is 13.0. The van der Waals surface area contributed by atoms with Crippen molar-refractivity contribution in [2.24, 2.45) is 7.05 Å². The van der Waals surface area contributed by atoms with E-state index in [9.17, 15) is 9.50 Å². The number of aromatic hydroxyl groups is 1. The Morgan fingerprint density at radius 2 is 2.21 bits per heavy atom. The lowest BCUT2D eigenvalue weighted by Gasteiger charge is -2.15. The standard InChI is InChI=1S/C14H18FN3O/c1-4-12-13(8-18(3)17-12)16-9(2)10-5-6-11(15)14(19)7-10/h5-9,16,19H,4H2,1-3H3. The van der Waals surface area contributed by atoms with Gasteiger partial charge in [0, 0.05) is 19.3 Å². The molecule has 2 rings (SSSR count). The van der Waals surface area contributed by atoms with Gasteiger partial charge in [-0.3, -0.25) is 4.68 Å². The predicted molar refractivity (Wildman–Crippen MR) is 72.7 cm³/mol. The minimum absolute atomic E-state index is 0.0407. The summed E-state index contributed by atoms with van der Waals surface area (Å²) < 4.78 is 14.8. The molecule has 1 unspecified atom stereocenters. The van der Waals surface area contributed by atoms with Crippen LogP contribution in [-0.4, -0.2) is 14.9 Å². The molecule has 2 aromatic rings. The molecule has 0 saturated carbocycles. The van der Waals surface area contributed by atoms with Crippen LogP contribution in [0.15, 0.2) is 24.4 Å². The molecule has 1 aromatic carbocycles. The normalized spacial score (nSPS) is 12.4. The van der Waals surface area contributed by atoms with Crippen molar-refractivity contribution in [1.29, 1.82) is 0 Å². The van der Waals surface area contributed by atoms with Gasteiger partial charge in [-0.2, -0.15) is 5.10 Å². The minimum Gasteiger partial charge on any atom is -0.505 e. The van der Waals surface area contributed by atoms with Crippen LogP contribution in [0, 0.1) is 5.82 Å². The van der Waals surface area contributed by atoms with Gasteiger partial charge in [-0.05, 0) is 31.0 Å². The summed E-state index contributed by atoms with van der Waals surface area (Å²) in [6, 6.07) is 4.33. The SMILES string of the molecule is CCc1nn(C)cc1NC(C)c1ccc(F)c(O)c1. The van der Waals surface area contributed by atoms with E-state index >= 15 is 0 Å². The Bertz CT molecular complexity index is 580. The maximum Gasteiger partial charge on any atom is 0.164 e. The molecule has 0 spiro atoms. The zero-order valence-electron chi connectivity index (χ0n) is 11.3. The number of nitrogens with zero attached hydrogens (tertiary/aromatic N) is 2. The van der Waals surface area contributed by atoms with E-state index < -0.39 is 5.82 Å². The molecule has 1 heterocycles. The molecule has 0 radical (unpaired) electrons. The Morgan fingerprint density at radius 1 is 1.47 bits per heavy atom. The highest BCUT2D eigenvalue weighted by molar-refractivity contribution is 5.48.